The molecule has 1 aromatic carbocycles. The number of benzene rings is 1. The van der Waals surface area contributed by atoms with E-state index in [1.54, 1.807) is 0 Å². The van der Waals surface area contributed by atoms with Crippen molar-refractivity contribution in [1.82, 2.24) is 24.6 Å². The first-order valence-electron chi connectivity index (χ1n) is 8.81. The van der Waals surface area contributed by atoms with E-state index < -0.39 is 0 Å². The molecule has 1 amide bonds. The van der Waals surface area contributed by atoms with Gasteiger partial charge in [0.05, 0.1) is 0 Å². The molecular weight excluding hydrogens is 410 g/mol. The summed E-state index contributed by atoms with van der Waals surface area (Å²) in [6.45, 7) is 3.94. The van der Waals surface area contributed by atoms with Crippen molar-refractivity contribution in [3.8, 4) is 0 Å². The molecule has 3 aromatic heterocycles. The van der Waals surface area contributed by atoms with Crippen LogP contribution in [0.15, 0.2) is 52.5 Å². The maximum absolute atomic E-state index is 11.4. The second-order valence-corrected chi connectivity index (χ2v) is 7.68. The number of carbonyl (C=O) groups is 1. The molecule has 0 radical (unpaired) electrons. The smallest absolute Gasteiger partial charge is 0.239 e. The van der Waals surface area contributed by atoms with Gasteiger partial charge in [-0.2, -0.15) is 10.1 Å². The number of halogens is 1. The van der Waals surface area contributed by atoms with E-state index in [2.05, 4.69) is 30.8 Å². The van der Waals surface area contributed by atoms with Crippen LogP contribution < -0.4 is 10.6 Å². The number of hydrogen-bond acceptors (Lipinski definition) is 6. The minimum Gasteiger partial charge on any atom is -0.325 e. The Balaban J connectivity index is 1.61. The highest BCUT2D eigenvalue weighted by molar-refractivity contribution is 7.99. The molecule has 0 fully saturated rings. The molecule has 4 aromatic rings. The minimum absolute atomic E-state index is 0.0770. The molecule has 0 unspecified atom stereocenters. The second kappa shape index (κ2) is 8.14. The maximum atomic E-state index is 11.4. The number of H-pyrrole nitrogens is 1. The average molecular weight is 428 g/mol. The fourth-order valence-corrected chi connectivity index (χ4v) is 3.60. The van der Waals surface area contributed by atoms with Crippen molar-refractivity contribution in [2.75, 3.05) is 16.5 Å². The fraction of sp³-hybridized carbons (Fsp3) is 0.158. The zero-order valence-electron chi connectivity index (χ0n) is 15.7. The molecule has 0 spiro atoms. The van der Waals surface area contributed by atoms with E-state index in [1.807, 2.05) is 60.7 Å². The number of fused-ring (bicyclic) bond motifs is 1. The summed E-state index contributed by atoms with van der Waals surface area (Å²) in [6.07, 6.45) is 0. The number of amides is 1. The van der Waals surface area contributed by atoms with E-state index in [1.165, 1.54) is 11.8 Å². The van der Waals surface area contributed by atoms with E-state index >= 15 is 0 Å². The number of rotatable bonds is 6. The molecule has 0 saturated carbocycles. The summed E-state index contributed by atoms with van der Waals surface area (Å²) < 4.78 is 1.94. The summed E-state index contributed by atoms with van der Waals surface area (Å²) in [7, 11) is 0. The molecule has 0 aliphatic heterocycles. The largest absolute Gasteiger partial charge is 0.325 e. The van der Waals surface area contributed by atoms with Gasteiger partial charge >= 0.3 is 0 Å². The molecular formula is C19H18ClN7OS. The highest BCUT2D eigenvalue weighted by Gasteiger charge is 2.12. The molecule has 3 N–H and O–H groups in total. The lowest BCUT2D eigenvalue weighted by Gasteiger charge is -2.10. The van der Waals surface area contributed by atoms with Crippen LogP contribution in [0.3, 0.4) is 0 Å². The number of carbonyl (C=O) groups excluding carboxylic acids is 1. The number of anilines is 3. The topological polar surface area (TPSA) is 100 Å². The Morgan fingerprint density at radius 3 is 2.66 bits per heavy atom. The number of aromatic nitrogens is 5. The molecule has 0 aliphatic rings. The number of aromatic amines is 1. The van der Waals surface area contributed by atoms with Crippen LogP contribution in [0.4, 0.5) is 17.5 Å². The highest BCUT2D eigenvalue weighted by Crippen LogP contribution is 2.28. The van der Waals surface area contributed by atoms with Crippen molar-refractivity contribution in [2.24, 2.45) is 0 Å². The third-order valence-corrected chi connectivity index (χ3v) is 5.21. The van der Waals surface area contributed by atoms with E-state index in [0.29, 0.717) is 22.6 Å². The number of nitrogens with one attached hydrogen (secondary N) is 3. The first-order chi connectivity index (χ1) is 14.0. The predicted octanol–water partition coefficient (Wildman–Crippen LogP) is 4.14. The van der Waals surface area contributed by atoms with Crippen molar-refractivity contribution >= 4 is 52.4 Å². The van der Waals surface area contributed by atoms with Gasteiger partial charge in [0.2, 0.25) is 11.9 Å². The lowest BCUT2D eigenvalue weighted by Crippen LogP contribution is -2.12. The van der Waals surface area contributed by atoms with Crippen LogP contribution in [0.25, 0.3) is 5.65 Å². The molecule has 148 valence electrons. The summed E-state index contributed by atoms with van der Waals surface area (Å²) in [6, 6.07) is 13.3. The molecule has 8 nitrogen and oxygen atoms in total. The van der Waals surface area contributed by atoms with Crippen LogP contribution in [0.5, 0.6) is 0 Å². The zero-order chi connectivity index (χ0) is 20.4. The van der Waals surface area contributed by atoms with Gasteiger partial charge in [-0.1, -0.05) is 0 Å². The predicted molar refractivity (Wildman–Crippen MR) is 114 cm³/mol. The summed E-state index contributed by atoms with van der Waals surface area (Å²) in [5.74, 6) is 1.00. The van der Waals surface area contributed by atoms with Gasteiger partial charge in [0.15, 0.2) is 11.0 Å². The lowest BCUT2D eigenvalue weighted by molar-refractivity contribution is -0.113. The van der Waals surface area contributed by atoms with Gasteiger partial charge in [0.25, 0.3) is 0 Å². The van der Waals surface area contributed by atoms with Crippen LogP contribution in [0.1, 0.15) is 11.4 Å². The Kier molecular flexibility index (Phi) is 5.41. The van der Waals surface area contributed by atoms with Crippen molar-refractivity contribution < 1.29 is 4.79 Å². The molecule has 29 heavy (non-hydrogen) atoms. The van der Waals surface area contributed by atoms with Gasteiger partial charge in [-0.05, 0) is 62.0 Å². The van der Waals surface area contributed by atoms with Gasteiger partial charge in [0.1, 0.15) is 11.5 Å². The van der Waals surface area contributed by atoms with E-state index in [0.717, 1.165) is 21.9 Å². The fourth-order valence-electron chi connectivity index (χ4n) is 2.78. The van der Waals surface area contributed by atoms with Gasteiger partial charge in [-0.15, -0.1) is 11.6 Å². The van der Waals surface area contributed by atoms with Gasteiger partial charge < -0.3 is 10.6 Å². The zero-order valence-corrected chi connectivity index (χ0v) is 17.3. The maximum Gasteiger partial charge on any atom is 0.239 e. The highest BCUT2D eigenvalue weighted by atomic mass is 35.5. The quantitative estimate of drug-likeness (QED) is 0.400. The summed E-state index contributed by atoms with van der Waals surface area (Å²) >= 11 is 6.95. The second-order valence-electron chi connectivity index (χ2n) is 6.37. The Morgan fingerprint density at radius 2 is 1.97 bits per heavy atom. The van der Waals surface area contributed by atoms with Crippen molar-refractivity contribution in [2.45, 2.75) is 23.9 Å². The SMILES string of the molecule is Cc1cc(Nc2nc(Sc3ccc(NC(=O)CCl)cc3)nc3ccc(C)n23)n[nH]1. The first kappa shape index (κ1) is 19.3. The van der Waals surface area contributed by atoms with E-state index in [-0.39, 0.29) is 11.8 Å². The van der Waals surface area contributed by atoms with Crippen molar-refractivity contribution in [3.63, 3.8) is 0 Å². The van der Waals surface area contributed by atoms with Crippen molar-refractivity contribution in [1.29, 1.82) is 0 Å². The number of hydrogen-bond donors (Lipinski definition) is 3. The third kappa shape index (κ3) is 4.36. The van der Waals surface area contributed by atoms with E-state index in [4.69, 9.17) is 11.6 Å². The van der Waals surface area contributed by atoms with Crippen molar-refractivity contribution in [3.05, 3.63) is 53.9 Å². The Bertz CT molecular complexity index is 1170. The molecule has 4 rings (SSSR count). The number of aryl methyl sites for hydroxylation is 2. The molecule has 10 heteroatoms. The molecule has 0 bridgehead atoms. The average Bonchev–Trinajstić information content (AvgIpc) is 3.28. The number of alkyl halides is 1. The molecule has 3 heterocycles. The monoisotopic (exact) mass is 427 g/mol. The molecule has 0 atom stereocenters. The standard InChI is InChI=1S/C19H18ClN7OS/c1-11-9-15(26-25-11)22-18-24-19(23-16-8-3-12(2)27(16)18)29-14-6-4-13(5-7-14)21-17(28)10-20/h3-9H,10H2,1-2H3,(H,21,28)(H2,22,23,24,25,26). The normalized spacial score (nSPS) is 11.0. The lowest BCUT2D eigenvalue weighted by atomic mass is 10.3. The molecule has 0 aliphatic carbocycles. The van der Waals surface area contributed by atoms with Gasteiger partial charge in [-0.3, -0.25) is 14.3 Å². The summed E-state index contributed by atoms with van der Waals surface area (Å²) in [5.41, 5.74) is 3.46. The van der Waals surface area contributed by atoms with Crippen LogP contribution in [-0.2, 0) is 4.79 Å². The van der Waals surface area contributed by atoms with E-state index in [9.17, 15) is 4.79 Å². The van der Waals surface area contributed by atoms with Crippen LogP contribution in [-0.4, -0.2) is 36.4 Å². The summed E-state index contributed by atoms with van der Waals surface area (Å²) in [4.78, 5) is 21.7. The van der Waals surface area contributed by atoms with Crippen LogP contribution >= 0.6 is 23.4 Å². The Hall–Kier alpha value is -3.04. The van der Waals surface area contributed by atoms with Crippen LogP contribution in [0.2, 0.25) is 0 Å². The summed E-state index contributed by atoms with van der Waals surface area (Å²) in [5, 5.41) is 13.7. The third-order valence-electron chi connectivity index (χ3n) is 4.09. The minimum atomic E-state index is -0.242. The van der Waals surface area contributed by atoms with Gasteiger partial charge in [0, 0.05) is 28.0 Å². The first-order valence-corrected chi connectivity index (χ1v) is 10.2. The van der Waals surface area contributed by atoms with Crippen LogP contribution in [0, 0.1) is 13.8 Å². The Morgan fingerprint density at radius 1 is 1.17 bits per heavy atom. The Labute approximate surface area is 176 Å². The van der Waals surface area contributed by atoms with Gasteiger partial charge in [-0.25, -0.2) is 4.98 Å². The number of nitrogens with zero attached hydrogens (tertiary/aromatic N) is 4. The molecule has 0 saturated heterocycles.